The van der Waals surface area contributed by atoms with Crippen molar-refractivity contribution in [2.75, 3.05) is 31.6 Å². The maximum Gasteiger partial charge on any atom is 0.305 e. The fraction of sp³-hybridized carbons (Fsp3) is 0.400. The van der Waals surface area contributed by atoms with E-state index in [1.165, 1.54) is 7.11 Å². The number of likely N-dealkylation sites (tertiary alicyclic amines) is 1. The molecule has 0 unspecified atom stereocenters. The Bertz CT molecular complexity index is 997. The first kappa shape index (κ1) is 22.0. The molecule has 0 saturated carbocycles. The molecule has 32 heavy (non-hydrogen) atoms. The summed E-state index contributed by atoms with van der Waals surface area (Å²) in [6.07, 6.45) is 3.06. The number of nitrogens with one attached hydrogen (secondary N) is 1. The van der Waals surface area contributed by atoms with Gasteiger partial charge in [-0.25, -0.2) is 0 Å². The number of hydrogen-bond donors (Lipinski definition) is 1. The second-order valence-electron chi connectivity index (χ2n) is 8.32. The van der Waals surface area contributed by atoms with Crippen molar-refractivity contribution >= 4 is 23.5 Å². The van der Waals surface area contributed by atoms with Gasteiger partial charge >= 0.3 is 5.97 Å². The normalized spacial score (nSPS) is 16.0. The minimum atomic E-state index is -0.235. The average molecular weight is 436 g/mol. The lowest BCUT2D eigenvalue weighted by molar-refractivity contribution is -0.140. The van der Waals surface area contributed by atoms with Crippen LogP contribution in [0.25, 0.3) is 0 Å². The van der Waals surface area contributed by atoms with Crippen LogP contribution < -0.4 is 10.2 Å². The van der Waals surface area contributed by atoms with Crippen LogP contribution in [-0.2, 0) is 33.8 Å². The van der Waals surface area contributed by atoms with Gasteiger partial charge in [0.15, 0.2) is 0 Å². The van der Waals surface area contributed by atoms with Gasteiger partial charge in [0.1, 0.15) is 0 Å². The molecular weight excluding hydrogens is 406 g/mol. The van der Waals surface area contributed by atoms with Gasteiger partial charge in [0, 0.05) is 37.3 Å². The summed E-state index contributed by atoms with van der Waals surface area (Å²) < 4.78 is 4.73. The standard InChI is InChI=1S/C25H29N3O4/c1-32-24(30)11-7-18-6-10-22-21(14-18)15-26-16-23(29)28(22)17-19-4-8-20(9-5-19)25(31)27-12-2-3-13-27/h4-6,8-10,14,26H,2-3,7,11-13,15-17H2,1H3. The summed E-state index contributed by atoms with van der Waals surface area (Å²) in [5.41, 5.74) is 4.60. The molecule has 0 aliphatic carbocycles. The van der Waals surface area contributed by atoms with E-state index in [0.717, 1.165) is 48.3 Å². The minimum absolute atomic E-state index is 0.00304. The first-order valence-corrected chi connectivity index (χ1v) is 11.1. The van der Waals surface area contributed by atoms with Gasteiger partial charge in [0.05, 0.1) is 20.2 Å². The van der Waals surface area contributed by atoms with Gasteiger partial charge < -0.3 is 19.9 Å². The van der Waals surface area contributed by atoms with E-state index < -0.39 is 0 Å². The predicted molar refractivity (Wildman–Crippen MR) is 121 cm³/mol. The van der Waals surface area contributed by atoms with Gasteiger partial charge in [0.2, 0.25) is 5.91 Å². The first-order chi connectivity index (χ1) is 15.5. The molecule has 7 heteroatoms. The molecule has 2 heterocycles. The van der Waals surface area contributed by atoms with E-state index in [9.17, 15) is 14.4 Å². The van der Waals surface area contributed by atoms with E-state index >= 15 is 0 Å². The van der Waals surface area contributed by atoms with Crippen LogP contribution in [0, 0.1) is 0 Å². The molecule has 2 aromatic rings. The molecule has 168 valence electrons. The lowest BCUT2D eigenvalue weighted by Gasteiger charge is -2.23. The van der Waals surface area contributed by atoms with Gasteiger partial charge in [-0.3, -0.25) is 14.4 Å². The van der Waals surface area contributed by atoms with Crippen LogP contribution in [0.5, 0.6) is 0 Å². The third kappa shape index (κ3) is 4.99. The molecule has 2 aliphatic heterocycles. The Balaban J connectivity index is 1.50. The molecule has 0 aromatic heterocycles. The number of carbonyl (C=O) groups excluding carboxylic acids is 3. The molecular formula is C25H29N3O4. The summed E-state index contributed by atoms with van der Waals surface area (Å²) in [4.78, 5) is 40.5. The molecule has 0 atom stereocenters. The van der Waals surface area contributed by atoms with Crippen molar-refractivity contribution in [2.24, 2.45) is 0 Å². The smallest absolute Gasteiger partial charge is 0.305 e. The minimum Gasteiger partial charge on any atom is -0.469 e. The van der Waals surface area contributed by atoms with Crippen LogP contribution >= 0.6 is 0 Å². The van der Waals surface area contributed by atoms with E-state index in [-0.39, 0.29) is 24.3 Å². The fourth-order valence-corrected chi connectivity index (χ4v) is 4.29. The van der Waals surface area contributed by atoms with Crippen LogP contribution in [0.2, 0.25) is 0 Å². The molecule has 1 N–H and O–H groups in total. The average Bonchev–Trinajstić information content (AvgIpc) is 3.31. The number of amides is 2. The zero-order valence-corrected chi connectivity index (χ0v) is 18.4. The molecule has 2 aromatic carbocycles. The summed E-state index contributed by atoms with van der Waals surface area (Å²) in [6, 6.07) is 13.5. The topological polar surface area (TPSA) is 79.0 Å². The van der Waals surface area contributed by atoms with E-state index in [2.05, 4.69) is 11.4 Å². The molecule has 2 aliphatic rings. The quantitative estimate of drug-likeness (QED) is 0.706. The number of hydrogen-bond acceptors (Lipinski definition) is 5. The van der Waals surface area contributed by atoms with Crippen molar-refractivity contribution < 1.29 is 19.1 Å². The van der Waals surface area contributed by atoms with E-state index in [1.807, 2.05) is 41.3 Å². The molecule has 7 nitrogen and oxygen atoms in total. The van der Waals surface area contributed by atoms with Crippen molar-refractivity contribution in [3.63, 3.8) is 0 Å². The highest BCUT2D eigenvalue weighted by Gasteiger charge is 2.23. The Kier molecular flexibility index (Phi) is 6.85. The van der Waals surface area contributed by atoms with Crippen molar-refractivity contribution in [3.05, 3.63) is 64.7 Å². The zero-order valence-electron chi connectivity index (χ0n) is 18.4. The summed E-state index contributed by atoms with van der Waals surface area (Å²) in [5.74, 6) is -0.154. The predicted octanol–water partition coefficient (Wildman–Crippen LogP) is 2.66. The van der Waals surface area contributed by atoms with Crippen LogP contribution in [-0.4, -0.2) is 49.4 Å². The number of anilines is 1. The Hall–Kier alpha value is -3.19. The molecule has 0 spiro atoms. The number of benzene rings is 2. The Morgan fingerprint density at radius 3 is 2.44 bits per heavy atom. The van der Waals surface area contributed by atoms with Gasteiger partial charge in [-0.05, 0) is 54.2 Å². The Morgan fingerprint density at radius 2 is 1.72 bits per heavy atom. The Labute approximate surface area is 188 Å². The number of aryl methyl sites for hydroxylation is 1. The largest absolute Gasteiger partial charge is 0.469 e. The summed E-state index contributed by atoms with van der Waals surface area (Å²) >= 11 is 0. The molecule has 0 radical (unpaired) electrons. The second kappa shape index (κ2) is 9.96. The van der Waals surface area contributed by atoms with Gasteiger partial charge in [-0.1, -0.05) is 24.3 Å². The van der Waals surface area contributed by atoms with E-state index in [0.29, 0.717) is 31.5 Å². The number of ether oxygens (including phenoxy) is 1. The number of esters is 1. The fourth-order valence-electron chi connectivity index (χ4n) is 4.29. The molecule has 0 bridgehead atoms. The van der Waals surface area contributed by atoms with E-state index in [4.69, 9.17) is 4.74 Å². The zero-order chi connectivity index (χ0) is 22.5. The SMILES string of the molecule is COC(=O)CCc1ccc2c(c1)CNCC(=O)N2Cc1ccc(C(=O)N2CCCC2)cc1. The first-order valence-electron chi connectivity index (χ1n) is 11.1. The van der Waals surface area contributed by atoms with E-state index in [1.54, 1.807) is 4.90 Å². The number of methoxy groups -OCH3 is 1. The lowest BCUT2D eigenvalue weighted by Crippen LogP contribution is -2.35. The molecule has 2 amide bonds. The highest BCUT2D eigenvalue weighted by molar-refractivity contribution is 5.96. The summed E-state index contributed by atoms with van der Waals surface area (Å²) in [6.45, 7) is 2.94. The molecule has 1 saturated heterocycles. The molecule has 1 fully saturated rings. The number of nitrogens with zero attached hydrogens (tertiary/aromatic N) is 2. The van der Waals surface area contributed by atoms with Gasteiger partial charge in [-0.2, -0.15) is 0 Å². The highest BCUT2D eigenvalue weighted by atomic mass is 16.5. The number of rotatable bonds is 6. The van der Waals surface area contributed by atoms with Gasteiger partial charge in [0.25, 0.3) is 5.91 Å². The third-order valence-electron chi connectivity index (χ3n) is 6.11. The van der Waals surface area contributed by atoms with Gasteiger partial charge in [-0.15, -0.1) is 0 Å². The van der Waals surface area contributed by atoms with Crippen molar-refractivity contribution in [3.8, 4) is 0 Å². The van der Waals surface area contributed by atoms with Crippen LogP contribution in [0.15, 0.2) is 42.5 Å². The molecule has 4 rings (SSSR count). The Morgan fingerprint density at radius 1 is 1.00 bits per heavy atom. The monoisotopic (exact) mass is 435 g/mol. The summed E-state index contributed by atoms with van der Waals surface area (Å²) in [7, 11) is 1.39. The second-order valence-corrected chi connectivity index (χ2v) is 8.32. The van der Waals surface area contributed by atoms with Crippen molar-refractivity contribution in [1.29, 1.82) is 0 Å². The van der Waals surface area contributed by atoms with Crippen molar-refractivity contribution in [2.45, 2.75) is 38.8 Å². The maximum atomic E-state index is 12.8. The van der Waals surface area contributed by atoms with Crippen LogP contribution in [0.3, 0.4) is 0 Å². The lowest BCUT2D eigenvalue weighted by atomic mass is 10.0. The van der Waals surface area contributed by atoms with Crippen LogP contribution in [0.1, 0.15) is 46.3 Å². The highest BCUT2D eigenvalue weighted by Crippen LogP contribution is 2.27. The summed E-state index contributed by atoms with van der Waals surface area (Å²) in [5, 5.41) is 3.19. The number of fused-ring (bicyclic) bond motifs is 1. The van der Waals surface area contributed by atoms with Crippen LogP contribution in [0.4, 0.5) is 5.69 Å². The third-order valence-corrected chi connectivity index (χ3v) is 6.11. The maximum absolute atomic E-state index is 12.8. The number of carbonyl (C=O) groups is 3. The van der Waals surface area contributed by atoms with Crippen molar-refractivity contribution in [1.82, 2.24) is 10.2 Å².